The van der Waals surface area contributed by atoms with Crippen LogP contribution in [-0.4, -0.2) is 31.2 Å². The van der Waals surface area contributed by atoms with Gasteiger partial charge in [-0.25, -0.2) is 0 Å². The SMILES string of the molecule is COc1ccc(C(N[C-]=O)OC(C)Cc2ccccc2)cc1.O=CO.[Ir]. The second-order valence-electron chi connectivity index (χ2n) is 5.14. The molecule has 0 aliphatic carbocycles. The summed E-state index contributed by atoms with van der Waals surface area (Å²) < 4.78 is 11.1. The Bertz CT molecular complexity index is 622. The number of ether oxygens (including phenoxy) is 2. The molecule has 143 valence electrons. The fraction of sp³-hybridized carbons (Fsp3) is 0.263. The molecule has 0 bridgehead atoms. The van der Waals surface area contributed by atoms with Crippen molar-refractivity contribution in [1.29, 1.82) is 0 Å². The summed E-state index contributed by atoms with van der Waals surface area (Å²) in [5, 5.41) is 9.47. The predicted molar refractivity (Wildman–Crippen MR) is 94.0 cm³/mol. The van der Waals surface area contributed by atoms with Gasteiger partial charge in [-0.2, -0.15) is 6.41 Å². The van der Waals surface area contributed by atoms with Crippen LogP contribution in [0.2, 0.25) is 0 Å². The van der Waals surface area contributed by atoms with Crippen LogP contribution in [0.15, 0.2) is 54.6 Å². The van der Waals surface area contributed by atoms with Gasteiger partial charge in [-0.3, -0.25) is 4.79 Å². The number of nitrogens with one attached hydrogen (secondary N) is 1. The molecule has 2 N–H and O–H groups in total. The molecule has 0 heterocycles. The Morgan fingerprint density at radius 2 is 1.73 bits per heavy atom. The van der Waals surface area contributed by atoms with Gasteiger partial charge in [0.15, 0.2) is 0 Å². The van der Waals surface area contributed by atoms with Crippen LogP contribution in [0, 0.1) is 0 Å². The van der Waals surface area contributed by atoms with Crippen molar-refractivity contribution < 1.29 is 44.3 Å². The Morgan fingerprint density at radius 3 is 2.23 bits per heavy atom. The van der Waals surface area contributed by atoms with E-state index >= 15 is 0 Å². The van der Waals surface area contributed by atoms with E-state index < -0.39 is 6.23 Å². The molecular weight excluding hydrogens is 514 g/mol. The smallest absolute Gasteiger partial charge is 0.290 e. The van der Waals surface area contributed by atoms with Crippen LogP contribution in [0.4, 0.5) is 0 Å². The average Bonchev–Trinajstić information content (AvgIpc) is 2.63. The number of benzene rings is 2. The van der Waals surface area contributed by atoms with Gasteiger partial charge in [0.05, 0.1) is 13.2 Å². The molecule has 0 saturated heterocycles. The van der Waals surface area contributed by atoms with Gasteiger partial charge in [0.25, 0.3) is 6.47 Å². The quantitative estimate of drug-likeness (QED) is 0.235. The monoisotopic (exact) mass is 537 g/mol. The minimum Gasteiger partial charge on any atom is -0.520 e. The summed E-state index contributed by atoms with van der Waals surface area (Å²) >= 11 is 0. The van der Waals surface area contributed by atoms with Gasteiger partial charge in [-0.1, -0.05) is 42.5 Å². The van der Waals surface area contributed by atoms with Gasteiger partial charge in [0.2, 0.25) is 0 Å². The second kappa shape index (κ2) is 14.0. The second-order valence-corrected chi connectivity index (χ2v) is 5.14. The third kappa shape index (κ3) is 8.76. The first-order chi connectivity index (χ1) is 12.1. The zero-order valence-electron chi connectivity index (χ0n) is 14.5. The normalized spacial score (nSPS) is 11.6. The minimum atomic E-state index is -0.526. The number of hydrogen-bond acceptors (Lipinski definition) is 4. The summed E-state index contributed by atoms with van der Waals surface area (Å²) in [4.78, 5) is 19.1. The molecule has 1 amide bonds. The number of rotatable bonds is 8. The summed E-state index contributed by atoms with van der Waals surface area (Å²) in [6, 6.07) is 17.5. The molecule has 0 fully saturated rings. The van der Waals surface area contributed by atoms with E-state index in [0.29, 0.717) is 0 Å². The number of hydrogen-bond donors (Lipinski definition) is 2. The fourth-order valence-electron chi connectivity index (χ4n) is 2.25. The molecule has 2 aromatic carbocycles. The maximum atomic E-state index is 10.7. The molecular formula is C19H22IrNO5-. The van der Waals surface area contributed by atoms with Crippen LogP contribution >= 0.6 is 0 Å². The van der Waals surface area contributed by atoms with Gasteiger partial charge in [0.1, 0.15) is 12.0 Å². The summed E-state index contributed by atoms with van der Waals surface area (Å²) in [5.41, 5.74) is 2.04. The predicted octanol–water partition coefficient (Wildman–Crippen LogP) is 2.70. The third-order valence-electron chi connectivity index (χ3n) is 3.34. The van der Waals surface area contributed by atoms with Crippen LogP contribution in [0.25, 0.3) is 0 Å². The first kappa shape index (κ1) is 23.8. The van der Waals surface area contributed by atoms with Crippen molar-refractivity contribution in [3.8, 4) is 5.75 Å². The van der Waals surface area contributed by atoms with Gasteiger partial charge in [-0.05, 0) is 36.6 Å². The number of amides is 1. The number of carbonyl (C=O) groups is 1. The standard InChI is InChI=1S/C18H20NO3.CH2O2.Ir/c1-14(12-15-6-4-3-5-7-15)22-18(19-13-20)16-8-10-17(21-2)11-9-16;2-1-3;/h3-11,14,18H,12H2,1-2H3,(H,19,20);1H,(H,2,3);/q-1;;. The molecule has 0 aliphatic rings. The van der Waals surface area contributed by atoms with E-state index in [9.17, 15) is 4.79 Å². The average molecular weight is 537 g/mol. The topological polar surface area (TPSA) is 84.9 Å². The van der Waals surface area contributed by atoms with E-state index in [1.165, 1.54) is 5.56 Å². The van der Waals surface area contributed by atoms with Crippen LogP contribution in [0.5, 0.6) is 5.75 Å². The Labute approximate surface area is 166 Å². The van der Waals surface area contributed by atoms with E-state index in [1.807, 2.05) is 49.4 Å². The fourth-order valence-corrected chi connectivity index (χ4v) is 2.25. The van der Waals surface area contributed by atoms with Crippen LogP contribution < -0.4 is 10.1 Å². The van der Waals surface area contributed by atoms with Gasteiger partial charge < -0.3 is 24.7 Å². The van der Waals surface area contributed by atoms with E-state index in [0.717, 1.165) is 17.7 Å². The number of carbonyl (C=O) groups excluding carboxylic acids is 1. The Kier molecular flexibility index (Phi) is 12.8. The van der Waals surface area contributed by atoms with E-state index in [-0.39, 0.29) is 32.7 Å². The van der Waals surface area contributed by atoms with Crippen molar-refractivity contribution in [2.45, 2.75) is 25.7 Å². The van der Waals surface area contributed by atoms with Crippen molar-refractivity contribution in [3.63, 3.8) is 0 Å². The molecule has 0 aromatic heterocycles. The molecule has 26 heavy (non-hydrogen) atoms. The molecule has 2 unspecified atom stereocenters. The van der Waals surface area contributed by atoms with Gasteiger partial charge >= 0.3 is 0 Å². The van der Waals surface area contributed by atoms with E-state index in [1.54, 1.807) is 13.5 Å². The number of methoxy groups -OCH3 is 1. The maximum absolute atomic E-state index is 10.7. The molecule has 0 spiro atoms. The molecule has 0 saturated carbocycles. The molecule has 2 aromatic rings. The van der Waals surface area contributed by atoms with Crippen LogP contribution in [-0.2, 0) is 40.9 Å². The van der Waals surface area contributed by atoms with Crippen molar-refractivity contribution in [2.24, 2.45) is 0 Å². The zero-order valence-corrected chi connectivity index (χ0v) is 16.9. The van der Waals surface area contributed by atoms with Gasteiger partial charge in [-0.15, -0.1) is 0 Å². The summed E-state index contributed by atoms with van der Waals surface area (Å²) in [6.45, 7) is 1.73. The van der Waals surface area contributed by atoms with Crippen molar-refractivity contribution in [3.05, 3.63) is 65.7 Å². The molecule has 6 nitrogen and oxygen atoms in total. The summed E-state index contributed by atoms with van der Waals surface area (Å²) in [5.74, 6) is 0.759. The van der Waals surface area contributed by atoms with Crippen molar-refractivity contribution in [2.75, 3.05) is 7.11 Å². The Balaban J connectivity index is 0.00000146. The van der Waals surface area contributed by atoms with Gasteiger partial charge in [0, 0.05) is 20.1 Å². The first-order valence-corrected chi connectivity index (χ1v) is 7.68. The zero-order chi connectivity index (χ0) is 18.5. The van der Waals surface area contributed by atoms with E-state index in [2.05, 4.69) is 17.4 Å². The first-order valence-electron chi connectivity index (χ1n) is 7.68. The number of carboxylic acid groups (broad SMARTS) is 1. The van der Waals surface area contributed by atoms with Crippen molar-refractivity contribution >= 4 is 12.9 Å². The van der Waals surface area contributed by atoms with E-state index in [4.69, 9.17) is 19.4 Å². The summed E-state index contributed by atoms with van der Waals surface area (Å²) in [7, 11) is 1.61. The Hall–Kier alpha value is -2.21. The minimum absolute atomic E-state index is 0. The van der Waals surface area contributed by atoms with Crippen LogP contribution in [0.1, 0.15) is 24.3 Å². The molecule has 1 radical (unpaired) electrons. The van der Waals surface area contributed by atoms with Crippen molar-refractivity contribution in [1.82, 2.24) is 5.32 Å². The Morgan fingerprint density at radius 1 is 1.15 bits per heavy atom. The maximum Gasteiger partial charge on any atom is 0.290 e. The largest absolute Gasteiger partial charge is 0.520 e. The molecule has 2 atom stereocenters. The molecule has 7 heteroatoms. The molecule has 2 rings (SSSR count). The molecule has 0 aliphatic heterocycles. The van der Waals surface area contributed by atoms with Crippen LogP contribution in [0.3, 0.4) is 0 Å². The third-order valence-corrected chi connectivity index (χ3v) is 3.34. The summed E-state index contributed by atoms with van der Waals surface area (Å²) in [6.07, 6.45) is 1.91.